The zero-order valence-electron chi connectivity index (χ0n) is 17.7. The summed E-state index contributed by atoms with van der Waals surface area (Å²) in [5.41, 5.74) is 1.54. The minimum Gasteiger partial charge on any atom is -0.391 e. The summed E-state index contributed by atoms with van der Waals surface area (Å²) in [4.78, 5) is 18.7. The Morgan fingerprint density at radius 3 is 2.62 bits per heavy atom. The molecule has 7 heteroatoms. The first kappa shape index (κ1) is 19.7. The van der Waals surface area contributed by atoms with Gasteiger partial charge in [-0.2, -0.15) is 0 Å². The number of quaternary nitrogens is 2. The third-order valence-electron chi connectivity index (χ3n) is 7.22. The van der Waals surface area contributed by atoms with Crippen molar-refractivity contribution in [2.24, 2.45) is 5.92 Å². The van der Waals surface area contributed by atoms with Crippen molar-refractivity contribution in [1.29, 1.82) is 0 Å². The molecule has 3 aliphatic rings. The van der Waals surface area contributed by atoms with Crippen molar-refractivity contribution in [2.45, 2.75) is 45.6 Å². The van der Waals surface area contributed by atoms with E-state index in [9.17, 15) is 5.11 Å². The smallest absolute Gasteiger partial charge is 0.187 e. The highest BCUT2D eigenvalue weighted by molar-refractivity contribution is 7.19. The molecular formula is C22H35N5OS+2. The van der Waals surface area contributed by atoms with Gasteiger partial charge in [0, 0.05) is 4.88 Å². The summed E-state index contributed by atoms with van der Waals surface area (Å²) < 4.78 is 0. The third-order valence-corrected chi connectivity index (χ3v) is 8.40. The van der Waals surface area contributed by atoms with Gasteiger partial charge in [-0.05, 0) is 43.6 Å². The largest absolute Gasteiger partial charge is 0.391 e. The molecule has 2 aromatic heterocycles. The summed E-state index contributed by atoms with van der Waals surface area (Å²) in [6.07, 6.45) is 6.34. The summed E-state index contributed by atoms with van der Waals surface area (Å²) in [5.74, 6) is 3.12. The zero-order valence-corrected chi connectivity index (χ0v) is 18.5. The Labute approximate surface area is 177 Å². The lowest BCUT2D eigenvalue weighted by Crippen LogP contribution is -3.15. The Morgan fingerprint density at radius 2 is 1.86 bits per heavy atom. The number of thiophene rings is 1. The molecule has 0 atom stereocenters. The molecule has 1 aliphatic carbocycles. The summed E-state index contributed by atoms with van der Waals surface area (Å²) in [5, 5.41) is 10.6. The molecule has 0 bridgehead atoms. The van der Waals surface area contributed by atoms with Crippen molar-refractivity contribution in [3.05, 3.63) is 16.3 Å². The second kappa shape index (κ2) is 8.46. The summed E-state index contributed by atoms with van der Waals surface area (Å²) in [6, 6.07) is 0. The molecule has 3 N–H and O–H groups in total. The van der Waals surface area contributed by atoms with E-state index in [4.69, 9.17) is 9.97 Å². The van der Waals surface area contributed by atoms with Crippen LogP contribution in [0.25, 0.3) is 10.2 Å². The average molecular weight is 418 g/mol. The van der Waals surface area contributed by atoms with Crippen LogP contribution in [0.3, 0.4) is 0 Å². The van der Waals surface area contributed by atoms with Crippen molar-refractivity contribution < 1.29 is 14.9 Å². The maximum Gasteiger partial charge on any atom is 0.187 e. The van der Waals surface area contributed by atoms with Crippen molar-refractivity contribution >= 4 is 27.4 Å². The van der Waals surface area contributed by atoms with Gasteiger partial charge in [-0.25, -0.2) is 9.97 Å². The van der Waals surface area contributed by atoms with Gasteiger partial charge in [0.2, 0.25) is 0 Å². The molecule has 0 radical (unpaired) electrons. The molecule has 158 valence electrons. The number of anilines is 1. The number of hydrogen-bond acceptors (Lipinski definition) is 5. The number of aromatic nitrogens is 2. The van der Waals surface area contributed by atoms with E-state index in [0.29, 0.717) is 0 Å². The SMILES string of the molecule is CC1CC[NH+](Cc2nc(N3CC[NH+](CCO)CC3)c3c4c(sc3n2)CCC4)CC1. The number of likely N-dealkylation sites (tertiary alicyclic amines) is 1. The Bertz CT molecular complexity index is 852. The molecule has 2 aromatic rings. The molecule has 0 saturated carbocycles. The van der Waals surface area contributed by atoms with E-state index in [2.05, 4.69) is 11.8 Å². The first-order valence-electron chi connectivity index (χ1n) is 11.6. The van der Waals surface area contributed by atoms with Crippen LogP contribution in [0.2, 0.25) is 0 Å². The normalized spacial score (nSPS) is 25.7. The van der Waals surface area contributed by atoms with Crippen LogP contribution in [0.1, 0.15) is 42.5 Å². The van der Waals surface area contributed by atoms with E-state index in [1.165, 1.54) is 71.7 Å². The summed E-state index contributed by atoms with van der Waals surface area (Å²) in [6.45, 7) is 11.2. The Hall–Kier alpha value is -1.28. The predicted molar refractivity (Wildman–Crippen MR) is 117 cm³/mol. The van der Waals surface area contributed by atoms with Crippen molar-refractivity contribution in [3.8, 4) is 0 Å². The number of rotatable bonds is 5. The predicted octanol–water partition coefficient (Wildman–Crippen LogP) is -0.308. The summed E-state index contributed by atoms with van der Waals surface area (Å²) >= 11 is 1.92. The molecule has 2 aliphatic heterocycles. The fourth-order valence-electron chi connectivity index (χ4n) is 5.34. The number of aliphatic hydroxyl groups excluding tert-OH is 1. The highest BCUT2D eigenvalue weighted by atomic mass is 32.1. The topological polar surface area (TPSA) is 58.1 Å². The highest BCUT2D eigenvalue weighted by Gasteiger charge is 2.29. The lowest BCUT2D eigenvalue weighted by Gasteiger charge is -2.33. The van der Waals surface area contributed by atoms with Crippen LogP contribution >= 0.6 is 11.3 Å². The van der Waals surface area contributed by atoms with Gasteiger partial charge in [0.05, 0.1) is 51.3 Å². The van der Waals surface area contributed by atoms with Gasteiger partial charge < -0.3 is 19.8 Å². The first-order chi connectivity index (χ1) is 14.2. The molecule has 5 rings (SSSR count). The molecule has 6 nitrogen and oxygen atoms in total. The molecule has 0 spiro atoms. The van der Waals surface area contributed by atoms with Crippen LogP contribution in [0.4, 0.5) is 5.82 Å². The van der Waals surface area contributed by atoms with E-state index >= 15 is 0 Å². The molecule has 29 heavy (non-hydrogen) atoms. The second-order valence-corrected chi connectivity index (χ2v) is 10.4. The van der Waals surface area contributed by atoms with Crippen molar-refractivity contribution in [3.63, 3.8) is 0 Å². The quantitative estimate of drug-likeness (QED) is 0.625. The minimum atomic E-state index is 0.284. The second-order valence-electron chi connectivity index (χ2n) is 9.32. The third kappa shape index (κ3) is 4.02. The van der Waals surface area contributed by atoms with Gasteiger partial charge in [0.1, 0.15) is 23.7 Å². The fraction of sp³-hybridized carbons (Fsp3) is 0.727. The number of fused-ring (bicyclic) bond motifs is 3. The lowest BCUT2D eigenvalue weighted by atomic mass is 9.99. The van der Waals surface area contributed by atoms with Crippen LogP contribution in [0.5, 0.6) is 0 Å². The van der Waals surface area contributed by atoms with Crippen molar-refractivity contribution in [1.82, 2.24) is 9.97 Å². The average Bonchev–Trinajstić information content (AvgIpc) is 3.31. The van der Waals surface area contributed by atoms with Gasteiger partial charge in [0.15, 0.2) is 5.82 Å². The standard InChI is InChI=1S/C22H33N5OS/c1-16-5-7-26(8-6-16)15-19-23-21(27-11-9-25(10-12-27)13-14-28)20-17-3-2-4-18(17)29-22(20)24-19/h16,28H,2-15H2,1H3/p+2. The van der Waals surface area contributed by atoms with Gasteiger partial charge in [0.25, 0.3) is 0 Å². The zero-order chi connectivity index (χ0) is 19.8. The minimum absolute atomic E-state index is 0.284. The number of aliphatic hydroxyl groups is 1. The van der Waals surface area contributed by atoms with Crippen molar-refractivity contribution in [2.75, 3.05) is 57.3 Å². The highest BCUT2D eigenvalue weighted by Crippen LogP contribution is 2.40. The molecule has 2 saturated heterocycles. The Morgan fingerprint density at radius 1 is 1.07 bits per heavy atom. The monoisotopic (exact) mass is 417 g/mol. The molecule has 0 unspecified atom stereocenters. The van der Waals surface area contributed by atoms with Gasteiger partial charge in [-0.3, -0.25) is 0 Å². The maximum atomic E-state index is 9.27. The summed E-state index contributed by atoms with van der Waals surface area (Å²) in [7, 11) is 0. The van der Waals surface area contributed by atoms with Gasteiger partial charge >= 0.3 is 0 Å². The molecule has 0 aromatic carbocycles. The number of nitrogens with zero attached hydrogens (tertiary/aromatic N) is 3. The van der Waals surface area contributed by atoms with E-state index in [0.717, 1.165) is 51.0 Å². The fourth-order valence-corrected chi connectivity index (χ4v) is 6.62. The van der Waals surface area contributed by atoms with E-state index in [1.54, 1.807) is 9.78 Å². The number of piperazine rings is 1. The van der Waals surface area contributed by atoms with E-state index in [1.807, 2.05) is 11.3 Å². The Kier molecular flexibility index (Phi) is 5.74. The number of piperidine rings is 1. The lowest BCUT2D eigenvalue weighted by molar-refractivity contribution is -0.920. The number of aryl methyl sites for hydroxylation is 2. The molecule has 0 amide bonds. The molecular weight excluding hydrogens is 382 g/mol. The maximum absolute atomic E-state index is 9.27. The van der Waals surface area contributed by atoms with E-state index < -0.39 is 0 Å². The Balaban J connectivity index is 1.44. The van der Waals surface area contributed by atoms with Crippen LogP contribution in [-0.4, -0.2) is 67.5 Å². The van der Waals surface area contributed by atoms with Crippen LogP contribution in [0, 0.1) is 5.92 Å². The number of nitrogens with one attached hydrogen (secondary N) is 2. The first-order valence-corrected chi connectivity index (χ1v) is 12.4. The van der Waals surface area contributed by atoms with Gasteiger partial charge in [-0.15, -0.1) is 11.3 Å². The molecule has 4 heterocycles. The van der Waals surface area contributed by atoms with Gasteiger partial charge in [-0.1, -0.05) is 6.92 Å². The number of hydrogen-bond donors (Lipinski definition) is 3. The van der Waals surface area contributed by atoms with E-state index in [-0.39, 0.29) is 6.61 Å². The molecule has 2 fully saturated rings. The van der Waals surface area contributed by atoms with Crippen LogP contribution < -0.4 is 14.7 Å². The van der Waals surface area contributed by atoms with Crippen LogP contribution in [-0.2, 0) is 19.4 Å². The van der Waals surface area contributed by atoms with Crippen LogP contribution in [0.15, 0.2) is 0 Å².